The first kappa shape index (κ1) is 15.2. The number of anilines is 1. The fraction of sp³-hybridized carbons (Fsp3) is 0.538. The second kappa shape index (κ2) is 6.49. The molecule has 0 aliphatic carbocycles. The third-order valence-corrected chi connectivity index (χ3v) is 3.74. The van der Waals surface area contributed by atoms with Crippen LogP contribution in [-0.4, -0.2) is 52.1 Å². The van der Waals surface area contributed by atoms with Crippen molar-refractivity contribution in [2.45, 2.75) is 25.3 Å². The lowest BCUT2D eigenvalue weighted by Gasteiger charge is -2.32. The van der Waals surface area contributed by atoms with Crippen LogP contribution in [0.3, 0.4) is 0 Å². The summed E-state index contributed by atoms with van der Waals surface area (Å²) in [7, 11) is 2.03. The molecule has 1 aromatic rings. The van der Waals surface area contributed by atoms with Gasteiger partial charge in [0, 0.05) is 24.8 Å². The summed E-state index contributed by atoms with van der Waals surface area (Å²) in [6.07, 6.45) is 4.47. The number of nitrogens with one attached hydrogen (secondary N) is 1. The zero-order valence-electron chi connectivity index (χ0n) is 11.8. The standard InChI is InChI=1S/C13H18N4O4/c1-16-5-3-2-4-10(16)8-15-12-11(17(20)21)6-9(7-14-12)13(18)19/h6-7,10H,2-5,8H2,1H3,(H,14,15)(H,18,19). The predicted octanol–water partition coefficient (Wildman–Crippen LogP) is 1.58. The van der Waals surface area contributed by atoms with E-state index in [1.54, 1.807) is 0 Å². The Balaban J connectivity index is 2.11. The van der Waals surface area contributed by atoms with Crippen molar-refractivity contribution in [1.29, 1.82) is 0 Å². The molecule has 8 heteroatoms. The smallest absolute Gasteiger partial charge is 0.337 e. The maximum atomic E-state index is 11.0. The van der Waals surface area contributed by atoms with E-state index in [1.165, 1.54) is 6.42 Å². The minimum atomic E-state index is -1.23. The van der Waals surface area contributed by atoms with Gasteiger partial charge in [-0.05, 0) is 26.4 Å². The minimum absolute atomic E-state index is 0.115. The normalized spacial score (nSPS) is 19.2. The Bertz CT molecular complexity index is 549. The summed E-state index contributed by atoms with van der Waals surface area (Å²) >= 11 is 0. The Morgan fingerprint density at radius 2 is 2.38 bits per heavy atom. The predicted molar refractivity (Wildman–Crippen MR) is 76.6 cm³/mol. The topological polar surface area (TPSA) is 109 Å². The molecule has 114 valence electrons. The van der Waals surface area contributed by atoms with Crippen LogP contribution < -0.4 is 5.32 Å². The SMILES string of the molecule is CN1CCCCC1CNc1ncc(C(=O)O)cc1[N+](=O)[O-]. The van der Waals surface area contributed by atoms with Crippen LogP contribution in [0.5, 0.6) is 0 Å². The summed E-state index contributed by atoms with van der Waals surface area (Å²) in [5, 5.41) is 22.9. The molecule has 2 heterocycles. The molecule has 0 radical (unpaired) electrons. The molecule has 2 N–H and O–H groups in total. The highest BCUT2D eigenvalue weighted by Gasteiger charge is 2.22. The number of aromatic carboxylic acids is 1. The van der Waals surface area contributed by atoms with Crippen LogP contribution in [0.15, 0.2) is 12.3 Å². The van der Waals surface area contributed by atoms with E-state index >= 15 is 0 Å². The molecule has 1 saturated heterocycles. The summed E-state index contributed by atoms with van der Waals surface area (Å²) in [4.78, 5) is 27.4. The molecule has 0 aromatic carbocycles. The fourth-order valence-corrected chi connectivity index (χ4v) is 2.46. The number of aromatic nitrogens is 1. The van der Waals surface area contributed by atoms with Crippen LogP contribution in [0, 0.1) is 10.1 Å². The number of piperidine rings is 1. The van der Waals surface area contributed by atoms with Crippen molar-refractivity contribution < 1.29 is 14.8 Å². The molecular weight excluding hydrogens is 276 g/mol. The highest BCUT2D eigenvalue weighted by atomic mass is 16.6. The van der Waals surface area contributed by atoms with Gasteiger partial charge in [-0.1, -0.05) is 6.42 Å². The number of carbonyl (C=O) groups is 1. The molecule has 1 fully saturated rings. The lowest BCUT2D eigenvalue weighted by molar-refractivity contribution is -0.384. The Kier molecular flexibility index (Phi) is 4.69. The van der Waals surface area contributed by atoms with Gasteiger partial charge in [0.1, 0.15) is 0 Å². The second-order valence-electron chi connectivity index (χ2n) is 5.17. The number of carboxylic acids is 1. The lowest BCUT2D eigenvalue weighted by atomic mass is 10.0. The van der Waals surface area contributed by atoms with Gasteiger partial charge in [0.05, 0.1) is 10.5 Å². The number of carboxylic acid groups (broad SMARTS) is 1. The first-order valence-corrected chi connectivity index (χ1v) is 6.81. The van der Waals surface area contributed by atoms with Crippen molar-refractivity contribution in [3.63, 3.8) is 0 Å². The first-order chi connectivity index (χ1) is 9.99. The number of likely N-dealkylation sites (tertiary alicyclic amines) is 1. The summed E-state index contributed by atoms with van der Waals surface area (Å²) in [5.74, 6) is -1.12. The Morgan fingerprint density at radius 1 is 1.62 bits per heavy atom. The number of pyridine rings is 1. The van der Waals surface area contributed by atoms with E-state index in [1.807, 2.05) is 7.05 Å². The molecule has 8 nitrogen and oxygen atoms in total. The maximum Gasteiger partial charge on any atom is 0.337 e. The zero-order chi connectivity index (χ0) is 15.4. The van der Waals surface area contributed by atoms with Crippen molar-refractivity contribution in [1.82, 2.24) is 9.88 Å². The van der Waals surface area contributed by atoms with Gasteiger partial charge < -0.3 is 15.3 Å². The van der Waals surface area contributed by atoms with Crippen molar-refractivity contribution in [3.8, 4) is 0 Å². The molecule has 0 amide bonds. The highest BCUT2D eigenvalue weighted by molar-refractivity contribution is 5.88. The van der Waals surface area contributed by atoms with E-state index in [-0.39, 0.29) is 17.1 Å². The van der Waals surface area contributed by atoms with Crippen LogP contribution in [0.25, 0.3) is 0 Å². The second-order valence-corrected chi connectivity index (χ2v) is 5.17. The van der Waals surface area contributed by atoms with Gasteiger partial charge in [-0.3, -0.25) is 10.1 Å². The number of likely N-dealkylation sites (N-methyl/N-ethyl adjacent to an activating group) is 1. The molecule has 21 heavy (non-hydrogen) atoms. The molecular formula is C13H18N4O4. The zero-order valence-corrected chi connectivity index (χ0v) is 11.8. The molecule has 0 bridgehead atoms. The number of hydrogen-bond acceptors (Lipinski definition) is 6. The largest absolute Gasteiger partial charge is 0.478 e. The summed E-state index contributed by atoms with van der Waals surface area (Å²) in [5.41, 5.74) is -0.504. The summed E-state index contributed by atoms with van der Waals surface area (Å²) < 4.78 is 0. The molecule has 0 saturated carbocycles. The minimum Gasteiger partial charge on any atom is -0.478 e. The van der Waals surface area contributed by atoms with Crippen molar-refractivity contribution in [2.75, 3.05) is 25.5 Å². The van der Waals surface area contributed by atoms with Crippen LogP contribution in [0.4, 0.5) is 11.5 Å². The van der Waals surface area contributed by atoms with Crippen LogP contribution >= 0.6 is 0 Å². The van der Waals surface area contributed by atoms with Crippen molar-refractivity contribution >= 4 is 17.5 Å². The van der Waals surface area contributed by atoms with Crippen LogP contribution in [0.2, 0.25) is 0 Å². The van der Waals surface area contributed by atoms with E-state index in [9.17, 15) is 14.9 Å². The number of rotatable bonds is 5. The van der Waals surface area contributed by atoms with E-state index in [0.717, 1.165) is 31.6 Å². The highest BCUT2D eigenvalue weighted by Crippen LogP contribution is 2.24. The van der Waals surface area contributed by atoms with E-state index in [2.05, 4.69) is 15.2 Å². The van der Waals surface area contributed by atoms with Gasteiger partial charge in [0.2, 0.25) is 5.82 Å². The van der Waals surface area contributed by atoms with Crippen LogP contribution in [0.1, 0.15) is 29.6 Å². The average molecular weight is 294 g/mol. The molecule has 0 spiro atoms. The van der Waals surface area contributed by atoms with Crippen molar-refractivity contribution in [3.05, 3.63) is 27.9 Å². The van der Waals surface area contributed by atoms with Gasteiger partial charge >= 0.3 is 11.7 Å². The fourth-order valence-electron chi connectivity index (χ4n) is 2.46. The molecule has 1 atom stereocenters. The molecule has 1 aromatic heterocycles. The van der Waals surface area contributed by atoms with Gasteiger partial charge in [0.15, 0.2) is 0 Å². The molecule has 1 unspecified atom stereocenters. The lowest BCUT2D eigenvalue weighted by Crippen LogP contribution is -2.40. The Hall–Kier alpha value is -2.22. The Morgan fingerprint density at radius 3 is 3.00 bits per heavy atom. The summed E-state index contributed by atoms with van der Waals surface area (Å²) in [6, 6.07) is 1.33. The maximum absolute atomic E-state index is 11.0. The molecule has 2 rings (SSSR count). The first-order valence-electron chi connectivity index (χ1n) is 6.81. The van der Waals surface area contributed by atoms with Crippen molar-refractivity contribution in [2.24, 2.45) is 0 Å². The molecule has 1 aliphatic rings. The van der Waals surface area contributed by atoms with E-state index in [0.29, 0.717) is 12.6 Å². The monoisotopic (exact) mass is 294 g/mol. The number of hydrogen-bond donors (Lipinski definition) is 2. The summed E-state index contributed by atoms with van der Waals surface area (Å²) in [6.45, 7) is 1.57. The third-order valence-electron chi connectivity index (χ3n) is 3.74. The number of nitro groups is 1. The van der Waals surface area contributed by atoms with Gasteiger partial charge in [-0.15, -0.1) is 0 Å². The van der Waals surface area contributed by atoms with Gasteiger partial charge in [-0.25, -0.2) is 9.78 Å². The van der Waals surface area contributed by atoms with Crippen LogP contribution in [-0.2, 0) is 0 Å². The quantitative estimate of drug-likeness (QED) is 0.627. The van der Waals surface area contributed by atoms with E-state index < -0.39 is 10.9 Å². The third kappa shape index (κ3) is 3.66. The number of nitrogens with zero attached hydrogens (tertiary/aromatic N) is 3. The molecule has 1 aliphatic heterocycles. The Labute approximate surface area is 121 Å². The average Bonchev–Trinajstić information content (AvgIpc) is 2.46. The van der Waals surface area contributed by atoms with Gasteiger partial charge in [-0.2, -0.15) is 0 Å². The van der Waals surface area contributed by atoms with Gasteiger partial charge in [0.25, 0.3) is 0 Å². The van der Waals surface area contributed by atoms with E-state index in [4.69, 9.17) is 5.11 Å².